The molecule has 72 valence electrons. The third-order valence-corrected chi connectivity index (χ3v) is 1.54. The maximum Gasteiger partial charge on any atom is 0.409 e. The van der Waals surface area contributed by atoms with E-state index in [1.807, 2.05) is 0 Å². The Morgan fingerprint density at radius 3 is 2.64 bits per heavy atom. The molecule has 0 spiro atoms. The quantitative estimate of drug-likeness (QED) is 0.569. The van der Waals surface area contributed by atoms with Crippen molar-refractivity contribution in [3.8, 4) is 5.75 Å². The van der Waals surface area contributed by atoms with Gasteiger partial charge in [-0.25, -0.2) is 0 Å². The number of nitrogens with zero attached hydrogens (tertiary/aromatic N) is 2. The van der Waals surface area contributed by atoms with Gasteiger partial charge in [0.25, 0.3) is 5.88 Å². The molecule has 0 heterocycles. The van der Waals surface area contributed by atoms with Crippen LogP contribution < -0.4 is 10.1 Å². The molecule has 0 saturated carbocycles. The van der Waals surface area contributed by atoms with Crippen molar-refractivity contribution < 1.29 is 9.84 Å². The zero-order valence-corrected chi connectivity index (χ0v) is 7.64. The van der Waals surface area contributed by atoms with Crippen LogP contribution in [0.15, 0.2) is 36.3 Å². The van der Waals surface area contributed by atoms with Gasteiger partial charge in [0.15, 0.2) is 4.98 Å². The van der Waals surface area contributed by atoms with Gasteiger partial charge in [0, 0.05) is 5.69 Å². The number of ether oxygens (including phenoxy) is 1. The van der Waals surface area contributed by atoms with Crippen molar-refractivity contribution in [2.75, 3.05) is 12.4 Å². The Morgan fingerprint density at radius 2 is 2.14 bits per heavy atom. The van der Waals surface area contributed by atoms with Gasteiger partial charge in [-0.05, 0) is 24.3 Å². The maximum absolute atomic E-state index is 9.09. The molecule has 0 saturated heterocycles. The summed E-state index contributed by atoms with van der Waals surface area (Å²) in [6.45, 7) is 0. The van der Waals surface area contributed by atoms with Crippen molar-refractivity contribution in [3.63, 3.8) is 0 Å². The van der Waals surface area contributed by atoms with Crippen LogP contribution in [-0.4, -0.2) is 12.2 Å². The van der Waals surface area contributed by atoms with Gasteiger partial charge in [-0.3, -0.25) is 0 Å². The Bertz CT molecular complexity index is 365. The lowest BCUT2D eigenvalue weighted by molar-refractivity contribution is 0.414. The molecule has 5 heteroatoms. The average molecular weight is 192 g/mol. The minimum Gasteiger partial charge on any atom is -0.497 e. The second-order valence-corrected chi connectivity index (χ2v) is 2.48. The predicted molar refractivity (Wildman–Crippen MR) is 52.4 cm³/mol. The lowest BCUT2D eigenvalue weighted by atomic mass is 10.3. The molecule has 0 unspecified atom stereocenters. The van der Waals surface area contributed by atoms with Gasteiger partial charge in [-0.15, -0.1) is 0 Å². The normalized spacial score (nSPS) is 10.4. The molecule has 1 aromatic rings. The van der Waals surface area contributed by atoms with Crippen LogP contribution in [0.1, 0.15) is 0 Å². The third-order valence-electron chi connectivity index (χ3n) is 1.54. The molecule has 1 aromatic carbocycles. The van der Waals surface area contributed by atoms with Crippen molar-refractivity contribution in [2.45, 2.75) is 0 Å². The van der Waals surface area contributed by atoms with Crippen molar-refractivity contribution >= 4 is 5.69 Å². The van der Waals surface area contributed by atoms with E-state index < -0.39 is 0 Å². The molecule has 0 amide bonds. The molecular weight excluding hydrogens is 182 g/mol. The smallest absolute Gasteiger partial charge is 0.409 e. The van der Waals surface area contributed by atoms with E-state index in [1.165, 1.54) is 0 Å². The minimum absolute atomic E-state index is 0.238. The first-order valence-corrected chi connectivity index (χ1v) is 3.90. The van der Waals surface area contributed by atoms with Crippen molar-refractivity contribution in [1.82, 2.24) is 0 Å². The SMILES string of the molecule is COc1ccc(N/C(O)=C/[N+]#N)cc1. The van der Waals surface area contributed by atoms with E-state index in [-0.39, 0.29) is 5.88 Å². The number of benzene rings is 1. The first-order valence-electron chi connectivity index (χ1n) is 3.90. The van der Waals surface area contributed by atoms with Crippen LogP contribution in [0, 0.1) is 5.39 Å². The Labute approximate surface area is 81.3 Å². The molecule has 0 aliphatic rings. The summed E-state index contributed by atoms with van der Waals surface area (Å²) < 4.78 is 4.96. The van der Waals surface area contributed by atoms with Gasteiger partial charge in [-0.1, -0.05) is 0 Å². The standard InChI is InChI=1S/C9H9N3O2/c1-14-8-4-2-7(3-5-8)12-9(13)6-11-10/h2-6,12H,1H3/p+1/b9-6-. The molecule has 0 atom stereocenters. The molecule has 2 N–H and O–H groups in total. The summed E-state index contributed by atoms with van der Waals surface area (Å²) in [6.07, 6.45) is 0.893. The highest BCUT2D eigenvalue weighted by Crippen LogP contribution is 2.15. The van der Waals surface area contributed by atoms with Gasteiger partial charge >= 0.3 is 6.20 Å². The number of aliphatic hydroxyl groups is 1. The molecule has 0 aromatic heterocycles. The van der Waals surface area contributed by atoms with E-state index in [0.29, 0.717) is 5.69 Å². The zero-order valence-electron chi connectivity index (χ0n) is 7.64. The highest BCUT2D eigenvalue weighted by molar-refractivity contribution is 5.49. The number of methoxy groups -OCH3 is 1. The predicted octanol–water partition coefficient (Wildman–Crippen LogP) is 2.32. The molecule has 0 aliphatic heterocycles. The maximum atomic E-state index is 9.09. The second-order valence-electron chi connectivity index (χ2n) is 2.48. The number of hydrogen-bond acceptors (Lipinski definition) is 4. The van der Waals surface area contributed by atoms with E-state index in [9.17, 15) is 0 Å². The van der Waals surface area contributed by atoms with Gasteiger partial charge in [0.2, 0.25) is 5.39 Å². The summed E-state index contributed by atoms with van der Waals surface area (Å²) in [5.41, 5.74) is 0.670. The van der Waals surface area contributed by atoms with Crippen molar-refractivity contribution in [1.29, 1.82) is 5.39 Å². The van der Waals surface area contributed by atoms with Gasteiger partial charge in [0.1, 0.15) is 5.75 Å². The van der Waals surface area contributed by atoms with Crippen molar-refractivity contribution in [3.05, 3.63) is 41.3 Å². The number of diazo groups is 1. The molecular formula is C9H10N3O2+. The molecule has 14 heavy (non-hydrogen) atoms. The van der Waals surface area contributed by atoms with E-state index in [0.717, 1.165) is 11.9 Å². The first-order chi connectivity index (χ1) is 6.76. The number of hydrogen-bond donors (Lipinski definition) is 2. The molecule has 1 rings (SSSR count). The molecule has 0 radical (unpaired) electrons. The highest BCUT2D eigenvalue weighted by Gasteiger charge is 1.99. The zero-order chi connectivity index (χ0) is 10.4. The van der Waals surface area contributed by atoms with Crippen LogP contribution in [0.3, 0.4) is 0 Å². The summed E-state index contributed by atoms with van der Waals surface area (Å²) in [5.74, 6) is 0.489. The summed E-state index contributed by atoms with van der Waals surface area (Å²) in [7, 11) is 1.57. The van der Waals surface area contributed by atoms with Crippen LogP contribution >= 0.6 is 0 Å². The average Bonchev–Trinajstić information content (AvgIpc) is 2.19. The van der Waals surface area contributed by atoms with E-state index in [4.69, 9.17) is 15.2 Å². The minimum atomic E-state index is -0.238. The Balaban J connectivity index is 2.70. The summed E-state index contributed by atoms with van der Waals surface area (Å²) >= 11 is 0. The monoisotopic (exact) mass is 192 g/mol. The molecule has 0 aliphatic carbocycles. The van der Waals surface area contributed by atoms with Gasteiger partial charge in [-0.2, -0.15) is 0 Å². The van der Waals surface area contributed by atoms with Crippen LogP contribution in [0.25, 0.3) is 4.98 Å². The van der Waals surface area contributed by atoms with E-state index in [1.54, 1.807) is 31.4 Å². The topological polar surface area (TPSA) is 69.6 Å². The van der Waals surface area contributed by atoms with Crippen LogP contribution in [0.4, 0.5) is 5.69 Å². The highest BCUT2D eigenvalue weighted by atomic mass is 16.5. The van der Waals surface area contributed by atoms with Gasteiger partial charge in [0.05, 0.1) is 7.11 Å². The Hall–Kier alpha value is -2.22. The van der Waals surface area contributed by atoms with Crippen LogP contribution in [0.2, 0.25) is 0 Å². The van der Waals surface area contributed by atoms with Crippen molar-refractivity contribution in [2.24, 2.45) is 0 Å². The number of anilines is 1. The Kier molecular flexibility index (Phi) is 3.33. The summed E-state index contributed by atoms with van der Waals surface area (Å²) in [5, 5.41) is 19.8. The summed E-state index contributed by atoms with van der Waals surface area (Å²) in [4.78, 5) is 2.67. The Morgan fingerprint density at radius 1 is 1.50 bits per heavy atom. The van der Waals surface area contributed by atoms with E-state index >= 15 is 0 Å². The number of rotatable bonds is 3. The van der Waals surface area contributed by atoms with E-state index in [2.05, 4.69) is 10.3 Å². The molecule has 0 fully saturated rings. The largest absolute Gasteiger partial charge is 0.497 e. The molecule has 0 bridgehead atoms. The number of aliphatic hydroxyl groups excluding tert-OH is 1. The van der Waals surface area contributed by atoms with Crippen LogP contribution in [0.5, 0.6) is 5.75 Å². The number of nitrogens with one attached hydrogen (secondary N) is 1. The second kappa shape index (κ2) is 4.72. The fourth-order valence-electron chi connectivity index (χ4n) is 0.909. The van der Waals surface area contributed by atoms with Crippen LogP contribution in [-0.2, 0) is 0 Å². The van der Waals surface area contributed by atoms with Gasteiger partial charge < -0.3 is 15.2 Å². The first kappa shape index (κ1) is 9.86. The lowest BCUT2D eigenvalue weighted by Crippen LogP contribution is -1.97. The lowest BCUT2D eigenvalue weighted by Gasteiger charge is -2.03. The fraction of sp³-hybridized carbons (Fsp3) is 0.111. The summed E-state index contributed by atoms with van der Waals surface area (Å²) in [6, 6.07) is 6.93. The molecule has 5 nitrogen and oxygen atoms in total. The third kappa shape index (κ3) is 2.68. The fourth-order valence-corrected chi connectivity index (χ4v) is 0.909.